The van der Waals surface area contributed by atoms with E-state index in [4.69, 9.17) is 4.74 Å². The molecule has 3 aromatic rings. The predicted molar refractivity (Wildman–Crippen MR) is 116 cm³/mol. The third-order valence-corrected chi connectivity index (χ3v) is 6.06. The van der Waals surface area contributed by atoms with Gasteiger partial charge in [0, 0.05) is 11.8 Å². The van der Waals surface area contributed by atoms with Gasteiger partial charge in [-0.3, -0.25) is 9.59 Å². The zero-order chi connectivity index (χ0) is 23.3. The van der Waals surface area contributed by atoms with Crippen LogP contribution in [0.5, 0.6) is 0 Å². The molecule has 166 valence electrons. The highest BCUT2D eigenvalue weighted by atomic mass is 32.2. The van der Waals surface area contributed by atoms with Gasteiger partial charge in [-0.25, -0.2) is 17.9 Å². The van der Waals surface area contributed by atoms with E-state index in [-0.39, 0.29) is 22.1 Å². The molecule has 0 atom stereocenters. The van der Waals surface area contributed by atoms with Crippen LogP contribution in [0.15, 0.2) is 75.4 Å². The Morgan fingerprint density at radius 3 is 2.47 bits per heavy atom. The molecule has 32 heavy (non-hydrogen) atoms. The zero-order valence-corrected chi connectivity index (χ0v) is 18.3. The van der Waals surface area contributed by atoms with Crippen LogP contribution in [0.25, 0.3) is 0 Å². The van der Waals surface area contributed by atoms with Gasteiger partial charge in [-0.1, -0.05) is 23.8 Å². The minimum Gasteiger partial charge on any atom is -0.462 e. The van der Waals surface area contributed by atoms with Crippen LogP contribution in [0.1, 0.15) is 22.8 Å². The number of nitrogens with zero attached hydrogens (tertiary/aromatic N) is 2. The van der Waals surface area contributed by atoms with Gasteiger partial charge in [0.2, 0.25) is 15.7 Å². The third-order valence-electron chi connectivity index (χ3n) is 4.40. The first-order chi connectivity index (χ1) is 15.2. The van der Waals surface area contributed by atoms with E-state index in [9.17, 15) is 22.8 Å². The molecular weight excluding hydrogens is 434 g/mol. The number of anilines is 1. The normalized spacial score (nSPS) is 11.1. The first-order valence-electron chi connectivity index (χ1n) is 9.67. The summed E-state index contributed by atoms with van der Waals surface area (Å²) in [5, 5.41) is 6.08. The molecule has 0 fully saturated rings. The minimum absolute atomic E-state index is 0.0287. The summed E-state index contributed by atoms with van der Waals surface area (Å²) in [6.07, 6.45) is 0. The number of benzene rings is 2. The molecule has 0 aliphatic rings. The topological polar surface area (TPSA) is 124 Å². The summed E-state index contributed by atoms with van der Waals surface area (Å²) >= 11 is 0. The largest absolute Gasteiger partial charge is 0.462 e. The number of sulfone groups is 1. The average molecular weight is 455 g/mol. The Morgan fingerprint density at radius 1 is 1.06 bits per heavy atom. The minimum atomic E-state index is -3.96. The first-order valence-corrected chi connectivity index (χ1v) is 11.2. The lowest BCUT2D eigenvalue weighted by atomic mass is 10.2. The van der Waals surface area contributed by atoms with E-state index in [0.29, 0.717) is 5.69 Å². The summed E-state index contributed by atoms with van der Waals surface area (Å²) in [5.74, 6) is -1.15. The van der Waals surface area contributed by atoms with E-state index in [1.807, 2.05) is 6.92 Å². The smallest absolute Gasteiger partial charge is 0.338 e. The summed E-state index contributed by atoms with van der Waals surface area (Å²) in [5.41, 5.74) is 0.831. The molecule has 0 radical (unpaired) electrons. The molecule has 0 aliphatic carbocycles. The van der Waals surface area contributed by atoms with E-state index in [1.54, 1.807) is 37.3 Å². The third kappa shape index (κ3) is 5.27. The fourth-order valence-corrected chi connectivity index (χ4v) is 3.99. The number of hydrogen-bond donors (Lipinski definition) is 1. The maximum Gasteiger partial charge on any atom is 0.338 e. The number of aryl methyl sites for hydroxylation is 1. The molecule has 3 rings (SSSR count). The number of carbonyl (C=O) groups is 2. The molecule has 0 saturated heterocycles. The highest BCUT2D eigenvalue weighted by molar-refractivity contribution is 7.91. The molecule has 1 N–H and O–H groups in total. The van der Waals surface area contributed by atoms with E-state index in [2.05, 4.69) is 10.4 Å². The Labute approximate surface area is 184 Å². The van der Waals surface area contributed by atoms with Gasteiger partial charge in [-0.15, -0.1) is 0 Å². The molecule has 1 aromatic heterocycles. The monoisotopic (exact) mass is 455 g/mol. The summed E-state index contributed by atoms with van der Waals surface area (Å²) < 4.78 is 31.3. The fraction of sp³-hybridized carbons (Fsp3) is 0.182. The van der Waals surface area contributed by atoms with Gasteiger partial charge >= 0.3 is 5.97 Å². The maximum absolute atomic E-state index is 12.8. The number of nitrogens with one attached hydrogen (secondary N) is 1. The molecule has 0 unspecified atom stereocenters. The van der Waals surface area contributed by atoms with Gasteiger partial charge in [0.05, 0.1) is 17.1 Å². The van der Waals surface area contributed by atoms with Crippen molar-refractivity contribution < 1.29 is 22.7 Å². The lowest BCUT2D eigenvalue weighted by Gasteiger charge is -2.10. The Balaban J connectivity index is 1.80. The van der Waals surface area contributed by atoms with Crippen molar-refractivity contribution >= 4 is 27.4 Å². The number of amides is 1. The van der Waals surface area contributed by atoms with Crippen molar-refractivity contribution in [2.75, 3.05) is 11.9 Å². The molecule has 0 bridgehead atoms. The standard InChI is InChI=1S/C22H21N3O6S/c1-3-31-22(28)16-5-4-6-17(13-16)23-19(26)14-25-21(27)12-11-20(24-25)32(29,30)18-9-7-15(2)8-10-18/h4-13H,3,14H2,1-2H3,(H,23,26). The molecule has 0 aliphatic heterocycles. The van der Waals surface area contributed by atoms with E-state index >= 15 is 0 Å². The van der Waals surface area contributed by atoms with Crippen molar-refractivity contribution in [3.63, 3.8) is 0 Å². The van der Waals surface area contributed by atoms with Crippen LogP contribution in [0.4, 0.5) is 5.69 Å². The number of hydrogen-bond acceptors (Lipinski definition) is 7. The second-order valence-electron chi connectivity index (χ2n) is 6.83. The van der Waals surface area contributed by atoms with Crippen LogP contribution in [0.2, 0.25) is 0 Å². The van der Waals surface area contributed by atoms with Crippen molar-refractivity contribution in [2.45, 2.75) is 30.3 Å². The van der Waals surface area contributed by atoms with E-state index in [1.165, 1.54) is 18.2 Å². The molecule has 0 spiro atoms. The van der Waals surface area contributed by atoms with Crippen molar-refractivity contribution in [1.29, 1.82) is 0 Å². The van der Waals surface area contributed by atoms with Gasteiger partial charge in [-0.2, -0.15) is 5.10 Å². The summed E-state index contributed by atoms with van der Waals surface area (Å²) in [7, 11) is -3.96. The van der Waals surface area contributed by atoms with Crippen LogP contribution >= 0.6 is 0 Å². The molecule has 1 amide bonds. The predicted octanol–water partition coefficient (Wildman–Crippen LogP) is 2.20. The molecule has 2 aromatic carbocycles. The SMILES string of the molecule is CCOC(=O)c1cccc(NC(=O)Cn2nc(S(=O)(=O)c3ccc(C)cc3)ccc2=O)c1. The van der Waals surface area contributed by atoms with Gasteiger partial charge in [0.15, 0.2) is 5.03 Å². The second kappa shape index (κ2) is 9.56. The molecule has 10 heteroatoms. The number of ether oxygens (including phenoxy) is 1. The van der Waals surface area contributed by atoms with Crippen LogP contribution in [0, 0.1) is 6.92 Å². The summed E-state index contributed by atoms with van der Waals surface area (Å²) in [6.45, 7) is 3.21. The number of esters is 1. The van der Waals surface area contributed by atoms with Crippen LogP contribution in [-0.4, -0.2) is 36.7 Å². The average Bonchev–Trinajstić information content (AvgIpc) is 2.76. The van der Waals surface area contributed by atoms with Gasteiger partial charge in [-0.05, 0) is 50.2 Å². The van der Waals surface area contributed by atoms with E-state index < -0.39 is 33.8 Å². The Morgan fingerprint density at radius 2 is 1.78 bits per heavy atom. The van der Waals surface area contributed by atoms with Crippen molar-refractivity contribution in [2.24, 2.45) is 0 Å². The Kier molecular flexibility index (Phi) is 6.84. The first kappa shape index (κ1) is 22.9. The Hall–Kier alpha value is -3.79. The van der Waals surface area contributed by atoms with Crippen LogP contribution < -0.4 is 10.9 Å². The van der Waals surface area contributed by atoms with Gasteiger partial charge in [0.25, 0.3) is 5.56 Å². The maximum atomic E-state index is 12.8. The second-order valence-corrected chi connectivity index (χ2v) is 8.73. The highest BCUT2D eigenvalue weighted by Gasteiger charge is 2.21. The molecule has 1 heterocycles. The fourth-order valence-electron chi connectivity index (χ4n) is 2.80. The quantitative estimate of drug-likeness (QED) is 0.542. The van der Waals surface area contributed by atoms with Crippen molar-refractivity contribution in [3.05, 3.63) is 82.1 Å². The zero-order valence-electron chi connectivity index (χ0n) is 17.4. The Bertz CT molecular complexity index is 1310. The summed E-state index contributed by atoms with van der Waals surface area (Å²) in [6, 6.07) is 14.5. The number of aromatic nitrogens is 2. The molecular formula is C22H21N3O6S. The van der Waals surface area contributed by atoms with Crippen LogP contribution in [0.3, 0.4) is 0 Å². The highest BCUT2D eigenvalue weighted by Crippen LogP contribution is 2.18. The number of carbonyl (C=O) groups excluding carboxylic acids is 2. The lowest BCUT2D eigenvalue weighted by Crippen LogP contribution is -2.30. The summed E-state index contributed by atoms with van der Waals surface area (Å²) in [4.78, 5) is 36.4. The molecule has 0 saturated carbocycles. The van der Waals surface area contributed by atoms with Gasteiger partial charge < -0.3 is 10.1 Å². The van der Waals surface area contributed by atoms with Crippen LogP contribution in [-0.2, 0) is 25.9 Å². The van der Waals surface area contributed by atoms with Crippen molar-refractivity contribution in [1.82, 2.24) is 9.78 Å². The van der Waals surface area contributed by atoms with Gasteiger partial charge in [0.1, 0.15) is 6.54 Å². The molecule has 9 nitrogen and oxygen atoms in total. The van der Waals surface area contributed by atoms with E-state index in [0.717, 1.165) is 22.4 Å². The lowest BCUT2D eigenvalue weighted by molar-refractivity contribution is -0.117. The number of rotatable bonds is 7. The van der Waals surface area contributed by atoms with Crippen molar-refractivity contribution in [3.8, 4) is 0 Å².